The number of nitrogens with one attached hydrogen (secondary N) is 1. The SMILES string of the molecule is CC(=O)c1ccc2cc(OC(=O)c3cccc(C(=O)Nc4ccc(OC(=O)c5ccc(N6C(=O)C7C8C=CC(C8)C7C6=O)cc5)cc4)c3)ccc2c1. The molecule has 1 saturated carbocycles. The van der Waals surface area contributed by atoms with Crippen molar-refractivity contribution in [1.29, 1.82) is 0 Å². The minimum Gasteiger partial charge on any atom is -0.423 e. The molecule has 256 valence electrons. The maximum atomic E-state index is 13.1. The smallest absolute Gasteiger partial charge is 0.343 e. The number of amides is 3. The predicted octanol–water partition coefficient (Wildman–Crippen LogP) is 7.04. The molecule has 3 amide bonds. The van der Waals surface area contributed by atoms with E-state index in [9.17, 15) is 28.8 Å². The van der Waals surface area contributed by atoms with Gasteiger partial charge in [0.15, 0.2) is 5.78 Å². The lowest BCUT2D eigenvalue weighted by Gasteiger charge is -2.17. The molecule has 1 aliphatic heterocycles. The number of rotatable bonds is 8. The van der Waals surface area contributed by atoms with E-state index in [2.05, 4.69) is 5.32 Å². The van der Waals surface area contributed by atoms with Crippen molar-refractivity contribution in [1.82, 2.24) is 0 Å². The van der Waals surface area contributed by atoms with Crippen molar-refractivity contribution in [3.63, 3.8) is 0 Å². The van der Waals surface area contributed by atoms with E-state index in [-0.39, 0.29) is 63.7 Å². The van der Waals surface area contributed by atoms with E-state index in [0.717, 1.165) is 17.2 Å². The Morgan fingerprint density at radius 2 is 1.19 bits per heavy atom. The molecule has 10 heteroatoms. The van der Waals surface area contributed by atoms with Crippen molar-refractivity contribution in [2.24, 2.45) is 23.7 Å². The average molecular weight is 691 g/mol. The Balaban J connectivity index is 0.867. The maximum Gasteiger partial charge on any atom is 0.343 e. The molecule has 1 heterocycles. The van der Waals surface area contributed by atoms with Gasteiger partial charge < -0.3 is 14.8 Å². The van der Waals surface area contributed by atoms with Crippen LogP contribution >= 0.6 is 0 Å². The van der Waals surface area contributed by atoms with Crippen molar-refractivity contribution >= 4 is 57.6 Å². The molecule has 1 N–H and O–H groups in total. The number of benzene rings is 5. The molecule has 4 unspecified atom stereocenters. The third kappa shape index (κ3) is 5.94. The van der Waals surface area contributed by atoms with E-state index in [1.54, 1.807) is 78.9 Å². The Morgan fingerprint density at radius 1 is 0.615 bits per heavy atom. The minimum absolute atomic E-state index is 0.0387. The second-order valence-corrected chi connectivity index (χ2v) is 13.2. The fourth-order valence-electron chi connectivity index (χ4n) is 7.34. The summed E-state index contributed by atoms with van der Waals surface area (Å²) in [7, 11) is 0. The Morgan fingerprint density at radius 3 is 1.88 bits per heavy atom. The number of nitrogens with zero attached hydrogens (tertiary/aromatic N) is 1. The summed E-state index contributed by atoms with van der Waals surface area (Å²) in [6, 6.07) is 28.9. The van der Waals surface area contributed by atoms with Crippen LogP contribution in [0.3, 0.4) is 0 Å². The Kier molecular flexibility index (Phi) is 8.06. The van der Waals surface area contributed by atoms with Crippen molar-refractivity contribution in [2.75, 3.05) is 10.2 Å². The number of imide groups is 1. The van der Waals surface area contributed by atoms with Crippen LogP contribution in [0, 0.1) is 23.7 Å². The molecule has 2 aliphatic carbocycles. The highest BCUT2D eigenvalue weighted by molar-refractivity contribution is 6.23. The number of allylic oxidation sites excluding steroid dienone is 2. The van der Waals surface area contributed by atoms with Gasteiger partial charge in [-0.3, -0.25) is 24.1 Å². The van der Waals surface area contributed by atoms with Crippen molar-refractivity contribution in [2.45, 2.75) is 13.3 Å². The fraction of sp³-hybridized carbons (Fsp3) is 0.143. The van der Waals surface area contributed by atoms with Gasteiger partial charge in [-0.05, 0) is 121 Å². The van der Waals surface area contributed by atoms with Crippen molar-refractivity contribution in [3.05, 3.63) is 144 Å². The zero-order valence-electron chi connectivity index (χ0n) is 27.8. The highest BCUT2D eigenvalue weighted by Crippen LogP contribution is 2.53. The summed E-state index contributed by atoms with van der Waals surface area (Å²) in [5.74, 6) is -1.96. The first-order chi connectivity index (χ1) is 25.1. The molecule has 5 aromatic carbocycles. The van der Waals surface area contributed by atoms with Crippen LogP contribution in [0.2, 0.25) is 0 Å². The molecule has 8 rings (SSSR count). The number of Topliss-reactive ketones (excluding diaryl/α,β-unsaturated/α-hetero) is 1. The molecule has 0 aromatic heterocycles. The van der Waals surface area contributed by atoms with Gasteiger partial charge in [-0.1, -0.05) is 36.4 Å². The van der Waals surface area contributed by atoms with E-state index in [4.69, 9.17) is 9.47 Å². The first-order valence-corrected chi connectivity index (χ1v) is 16.8. The van der Waals surface area contributed by atoms with Gasteiger partial charge in [0.05, 0.1) is 28.7 Å². The maximum absolute atomic E-state index is 13.1. The van der Waals surface area contributed by atoms with Crippen LogP contribution in [0.1, 0.15) is 54.8 Å². The van der Waals surface area contributed by atoms with Gasteiger partial charge in [-0.2, -0.15) is 0 Å². The summed E-state index contributed by atoms with van der Waals surface area (Å²) in [6.07, 6.45) is 4.94. The largest absolute Gasteiger partial charge is 0.423 e. The van der Waals surface area contributed by atoms with E-state index < -0.39 is 17.8 Å². The van der Waals surface area contributed by atoms with Crippen LogP contribution in [-0.2, 0) is 9.59 Å². The van der Waals surface area contributed by atoms with Gasteiger partial charge in [0, 0.05) is 16.8 Å². The third-order valence-corrected chi connectivity index (χ3v) is 9.94. The second-order valence-electron chi connectivity index (χ2n) is 13.2. The monoisotopic (exact) mass is 690 g/mol. The van der Waals surface area contributed by atoms with E-state index in [1.165, 1.54) is 42.2 Å². The Bertz CT molecular complexity index is 2330. The summed E-state index contributed by atoms with van der Waals surface area (Å²) in [5, 5.41) is 4.41. The molecule has 52 heavy (non-hydrogen) atoms. The zero-order chi connectivity index (χ0) is 36.1. The first kappa shape index (κ1) is 32.5. The molecule has 1 saturated heterocycles. The normalized spacial score (nSPS) is 19.8. The van der Waals surface area contributed by atoms with Crippen molar-refractivity contribution in [3.8, 4) is 11.5 Å². The minimum atomic E-state index is -0.639. The highest BCUT2D eigenvalue weighted by atomic mass is 16.5. The third-order valence-electron chi connectivity index (χ3n) is 9.94. The van der Waals surface area contributed by atoms with E-state index >= 15 is 0 Å². The van der Waals surface area contributed by atoms with Gasteiger partial charge in [-0.25, -0.2) is 9.59 Å². The fourth-order valence-corrected chi connectivity index (χ4v) is 7.34. The molecule has 4 atom stereocenters. The number of ketones is 1. The van der Waals surface area contributed by atoms with Crippen molar-refractivity contribution < 1.29 is 38.2 Å². The van der Waals surface area contributed by atoms with E-state index in [0.29, 0.717) is 22.7 Å². The topological polar surface area (TPSA) is 136 Å². The molecular weight excluding hydrogens is 660 g/mol. The number of ether oxygens (including phenoxy) is 2. The van der Waals surface area contributed by atoms with Gasteiger partial charge in [0.2, 0.25) is 11.8 Å². The molecule has 2 bridgehead atoms. The van der Waals surface area contributed by atoms with Crippen LogP contribution < -0.4 is 19.7 Å². The molecule has 0 spiro atoms. The first-order valence-electron chi connectivity index (χ1n) is 16.8. The van der Waals surface area contributed by atoms with Crippen LogP contribution in [-0.4, -0.2) is 35.4 Å². The molecular formula is C42H30N2O8. The van der Waals surface area contributed by atoms with Gasteiger partial charge in [0.1, 0.15) is 11.5 Å². The molecule has 0 radical (unpaired) electrons. The Hall–Kier alpha value is -6.68. The molecule has 5 aromatic rings. The number of hydrogen-bond donors (Lipinski definition) is 1. The van der Waals surface area contributed by atoms with Crippen LogP contribution in [0.25, 0.3) is 10.8 Å². The zero-order valence-corrected chi connectivity index (χ0v) is 27.8. The summed E-state index contributed by atoms with van der Waals surface area (Å²) < 4.78 is 11.1. The second kappa shape index (κ2) is 12.9. The van der Waals surface area contributed by atoms with Gasteiger partial charge in [-0.15, -0.1) is 0 Å². The quantitative estimate of drug-likeness (QED) is 0.0602. The number of carbonyl (C=O) groups is 6. The summed E-state index contributed by atoms with van der Waals surface area (Å²) in [4.78, 5) is 78.0. The van der Waals surface area contributed by atoms with E-state index in [1.807, 2.05) is 12.2 Å². The lowest BCUT2D eigenvalue weighted by Crippen LogP contribution is -2.32. The highest BCUT2D eigenvalue weighted by Gasteiger charge is 2.59. The lowest BCUT2D eigenvalue weighted by atomic mass is 9.85. The number of anilines is 2. The summed E-state index contributed by atoms with van der Waals surface area (Å²) in [5.41, 5.74) is 2.10. The summed E-state index contributed by atoms with van der Waals surface area (Å²) >= 11 is 0. The number of esters is 2. The molecule has 3 aliphatic rings. The Labute approximate surface area is 297 Å². The predicted molar refractivity (Wildman–Crippen MR) is 191 cm³/mol. The number of carbonyl (C=O) groups excluding carboxylic acids is 6. The van der Waals surface area contributed by atoms with Crippen LogP contribution in [0.5, 0.6) is 11.5 Å². The van der Waals surface area contributed by atoms with Crippen LogP contribution in [0.4, 0.5) is 11.4 Å². The van der Waals surface area contributed by atoms with Gasteiger partial charge >= 0.3 is 11.9 Å². The number of fused-ring (bicyclic) bond motifs is 6. The summed E-state index contributed by atoms with van der Waals surface area (Å²) in [6.45, 7) is 1.50. The lowest BCUT2D eigenvalue weighted by molar-refractivity contribution is -0.123. The number of hydrogen-bond acceptors (Lipinski definition) is 8. The standard InChI is InChI=1S/C42H30N2O8/c1-23(45)25-5-6-27-22-35(16-11-26(27)19-25)52-42(50)31-4-2-3-30(21-31)38(46)43-32-12-17-34(18-13-32)51-41(49)24-9-14-33(15-10-24)44-39(47)36-28-7-8-29(20-28)37(36)40(44)48/h2-19,21-22,28-29,36-37H,20H2,1H3,(H,43,46). The molecule has 2 fully saturated rings. The average Bonchev–Trinajstić information content (AvgIpc) is 3.85. The van der Waals surface area contributed by atoms with Crippen LogP contribution in [0.15, 0.2) is 121 Å². The molecule has 10 nitrogen and oxygen atoms in total. The van der Waals surface area contributed by atoms with Gasteiger partial charge in [0.25, 0.3) is 5.91 Å².